The first-order valence-corrected chi connectivity index (χ1v) is 14.1. The van der Waals surface area contributed by atoms with Gasteiger partial charge >= 0.3 is 0 Å². The maximum atomic E-state index is 13.6. The van der Waals surface area contributed by atoms with Crippen LogP contribution in [-0.4, -0.2) is 52.9 Å². The van der Waals surface area contributed by atoms with Crippen LogP contribution >= 0.6 is 0 Å². The Kier molecular flexibility index (Phi) is 6.61. The number of likely N-dealkylation sites (tertiary alicyclic amines) is 1. The second kappa shape index (κ2) is 10.1. The maximum absolute atomic E-state index is 13.6. The van der Waals surface area contributed by atoms with Crippen molar-refractivity contribution in [1.29, 1.82) is 0 Å². The monoisotopic (exact) mass is 523 g/mol. The van der Waals surface area contributed by atoms with Gasteiger partial charge in [0.1, 0.15) is 5.69 Å². The number of carbonyl (C=O) groups excluding carboxylic acids is 2. The second-order valence-corrected chi connectivity index (χ2v) is 12.2. The molecular weight excluding hydrogens is 486 g/mol. The highest BCUT2D eigenvalue weighted by molar-refractivity contribution is 5.95. The van der Waals surface area contributed by atoms with Crippen LogP contribution in [0.3, 0.4) is 0 Å². The molecule has 2 aromatic heterocycles. The van der Waals surface area contributed by atoms with Gasteiger partial charge in [0.2, 0.25) is 0 Å². The Hall–Kier alpha value is -3.74. The Balaban J connectivity index is 1.11. The number of amides is 2. The van der Waals surface area contributed by atoms with Crippen LogP contribution in [0.2, 0.25) is 0 Å². The Morgan fingerprint density at radius 1 is 0.897 bits per heavy atom. The minimum Gasteiger partial charge on any atom is -0.371 e. The zero-order valence-electron chi connectivity index (χ0n) is 22.9. The summed E-state index contributed by atoms with van der Waals surface area (Å²) in [7, 11) is 0. The van der Waals surface area contributed by atoms with E-state index in [-0.39, 0.29) is 23.3 Å². The molecule has 1 unspecified atom stereocenters. The highest BCUT2D eigenvalue weighted by atomic mass is 16.2. The van der Waals surface area contributed by atoms with Gasteiger partial charge in [0, 0.05) is 56.0 Å². The fraction of sp³-hybridized carbons (Fsp3) is 0.438. The van der Waals surface area contributed by atoms with Crippen LogP contribution in [0.1, 0.15) is 77.5 Å². The molecule has 39 heavy (non-hydrogen) atoms. The maximum Gasteiger partial charge on any atom is 0.270 e. The third-order valence-corrected chi connectivity index (χ3v) is 9.27. The van der Waals surface area contributed by atoms with Gasteiger partial charge in [-0.1, -0.05) is 26.0 Å². The molecule has 7 nitrogen and oxygen atoms in total. The quantitative estimate of drug-likeness (QED) is 0.518. The number of carbonyl (C=O) groups is 2. The lowest BCUT2D eigenvalue weighted by Crippen LogP contribution is -2.48. The fourth-order valence-electron chi connectivity index (χ4n) is 6.81. The van der Waals surface area contributed by atoms with E-state index in [1.54, 1.807) is 18.3 Å². The highest BCUT2D eigenvalue weighted by Crippen LogP contribution is 2.46. The molecule has 202 valence electrons. The molecule has 4 heterocycles. The zero-order valence-corrected chi connectivity index (χ0v) is 22.9. The number of anilines is 1. The summed E-state index contributed by atoms with van der Waals surface area (Å²) < 4.78 is 0. The topological polar surface area (TPSA) is 78.4 Å². The van der Waals surface area contributed by atoms with E-state index in [9.17, 15) is 9.59 Å². The van der Waals surface area contributed by atoms with Crippen LogP contribution < -0.4 is 10.2 Å². The van der Waals surface area contributed by atoms with Crippen molar-refractivity contribution in [3.63, 3.8) is 0 Å². The summed E-state index contributed by atoms with van der Waals surface area (Å²) in [4.78, 5) is 39.4. The minimum absolute atomic E-state index is 0.0985. The van der Waals surface area contributed by atoms with Gasteiger partial charge < -0.3 is 15.1 Å². The molecule has 2 saturated heterocycles. The summed E-state index contributed by atoms with van der Waals surface area (Å²) >= 11 is 0. The van der Waals surface area contributed by atoms with Gasteiger partial charge in [0.15, 0.2) is 0 Å². The molecule has 7 heteroatoms. The van der Waals surface area contributed by atoms with Crippen molar-refractivity contribution in [2.75, 3.05) is 31.1 Å². The van der Waals surface area contributed by atoms with Crippen molar-refractivity contribution in [2.45, 2.75) is 52.0 Å². The molecule has 2 aliphatic heterocycles. The SMILES string of the molecule is CC1(C)Cc2ccc(C(=O)N3CCC4(CC3)CCN(c3ccncc3)CC4)cc2C1NC(=O)c1ccccn1. The predicted octanol–water partition coefficient (Wildman–Crippen LogP) is 5.05. The van der Waals surface area contributed by atoms with Crippen LogP contribution in [0, 0.1) is 10.8 Å². The lowest BCUT2D eigenvalue weighted by atomic mass is 9.71. The van der Waals surface area contributed by atoms with Gasteiger partial charge in [-0.3, -0.25) is 19.6 Å². The zero-order chi connectivity index (χ0) is 27.0. The van der Waals surface area contributed by atoms with E-state index in [2.05, 4.69) is 52.2 Å². The van der Waals surface area contributed by atoms with Gasteiger partial charge in [-0.15, -0.1) is 0 Å². The Bertz CT molecular complexity index is 1340. The van der Waals surface area contributed by atoms with Crippen LogP contribution in [0.25, 0.3) is 0 Å². The fourth-order valence-corrected chi connectivity index (χ4v) is 6.81. The Morgan fingerprint density at radius 2 is 1.62 bits per heavy atom. The molecule has 1 N–H and O–H groups in total. The van der Waals surface area contributed by atoms with Gasteiger partial charge in [-0.2, -0.15) is 0 Å². The number of rotatable bonds is 4. The smallest absolute Gasteiger partial charge is 0.270 e. The first kappa shape index (κ1) is 25.5. The number of fused-ring (bicyclic) bond motifs is 1. The van der Waals surface area contributed by atoms with Crippen molar-refractivity contribution < 1.29 is 9.59 Å². The number of benzene rings is 1. The molecule has 3 aromatic rings. The number of nitrogens with one attached hydrogen (secondary N) is 1. The number of hydrogen-bond acceptors (Lipinski definition) is 5. The Labute approximate surface area is 230 Å². The summed E-state index contributed by atoms with van der Waals surface area (Å²) in [6.45, 7) is 8.06. The predicted molar refractivity (Wildman–Crippen MR) is 152 cm³/mol. The first-order valence-electron chi connectivity index (χ1n) is 14.1. The lowest BCUT2D eigenvalue weighted by molar-refractivity contribution is 0.0515. The van der Waals surface area contributed by atoms with E-state index in [1.807, 2.05) is 35.5 Å². The minimum atomic E-state index is -0.186. The lowest BCUT2D eigenvalue weighted by Gasteiger charge is -2.47. The summed E-state index contributed by atoms with van der Waals surface area (Å²) in [5, 5.41) is 3.21. The summed E-state index contributed by atoms with van der Waals surface area (Å²) in [6.07, 6.45) is 10.7. The second-order valence-electron chi connectivity index (χ2n) is 12.2. The van der Waals surface area contributed by atoms with Gasteiger partial charge in [-0.05, 0) is 90.5 Å². The van der Waals surface area contributed by atoms with Crippen LogP contribution in [0.15, 0.2) is 67.1 Å². The number of nitrogens with zero attached hydrogens (tertiary/aromatic N) is 4. The molecule has 3 aliphatic rings. The largest absolute Gasteiger partial charge is 0.371 e. The van der Waals surface area contributed by atoms with Gasteiger partial charge in [0.25, 0.3) is 11.8 Å². The highest BCUT2D eigenvalue weighted by Gasteiger charge is 2.42. The number of pyridine rings is 2. The van der Waals surface area contributed by atoms with Crippen molar-refractivity contribution in [3.05, 3.63) is 89.5 Å². The van der Waals surface area contributed by atoms with E-state index in [0.29, 0.717) is 16.7 Å². The molecule has 1 aromatic carbocycles. The molecular formula is C32H37N5O2. The first-order chi connectivity index (χ1) is 18.8. The van der Waals surface area contributed by atoms with Gasteiger partial charge in [0.05, 0.1) is 6.04 Å². The van der Waals surface area contributed by atoms with Crippen molar-refractivity contribution in [1.82, 2.24) is 20.2 Å². The van der Waals surface area contributed by atoms with Gasteiger partial charge in [-0.25, -0.2) is 0 Å². The molecule has 2 amide bonds. The van der Waals surface area contributed by atoms with Crippen molar-refractivity contribution >= 4 is 17.5 Å². The molecule has 1 atom stereocenters. The van der Waals surface area contributed by atoms with Crippen molar-refractivity contribution in [3.8, 4) is 0 Å². The van der Waals surface area contributed by atoms with E-state index in [0.717, 1.165) is 51.0 Å². The normalized spacial score (nSPS) is 21.4. The number of hydrogen-bond donors (Lipinski definition) is 1. The third-order valence-electron chi connectivity index (χ3n) is 9.27. The van der Waals surface area contributed by atoms with Crippen LogP contribution in [0.5, 0.6) is 0 Å². The van der Waals surface area contributed by atoms with Crippen LogP contribution in [-0.2, 0) is 6.42 Å². The van der Waals surface area contributed by atoms with E-state index >= 15 is 0 Å². The molecule has 6 rings (SSSR count). The summed E-state index contributed by atoms with van der Waals surface area (Å²) in [5.74, 6) is -0.0871. The summed E-state index contributed by atoms with van der Waals surface area (Å²) in [6, 6.07) is 15.4. The van der Waals surface area contributed by atoms with E-state index in [1.165, 1.54) is 24.1 Å². The average molecular weight is 524 g/mol. The molecule has 1 spiro atoms. The van der Waals surface area contributed by atoms with Crippen LogP contribution in [0.4, 0.5) is 5.69 Å². The molecule has 0 saturated carbocycles. The Morgan fingerprint density at radius 3 is 2.31 bits per heavy atom. The summed E-state index contributed by atoms with van der Waals surface area (Å²) in [5.41, 5.74) is 4.80. The number of piperidine rings is 2. The van der Waals surface area contributed by atoms with E-state index in [4.69, 9.17) is 0 Å². The molecule has 2 fully saturated rings. The molecule has 1 aliphatic carbocycles. The van der Waals surface area contributed by atoms with Crippen molar-refractivity contribution in [2.24, 2.45) is 10.8 Å². The standard InChI is InChI=1S/C32H37N5O2/c1-31(2)22-24-7-6-23(21-26(24)28(31)35-29(38)27-5-3-4-14-34-27)30(39)37-19-12-32(13-20-37)10-17-36(18-11-32)25-8-15-33-16-9-25/h3-9,14-16,21,28H,10-13,17-20,22H2,1-2H3,(H,35,38). The number of aromatic nitrogens is 2. The van der Waals surface area contributed by atoms with E-state index < -0.39 is 0 Å². The molecule has 0 radical (unpaired) electrons. The molecule has 0 bridgehead atoms. The average Bonchev–Trinajstić information content (AvgIpc) is 3.22. The third kappa shape index (κ3) is 5.02.